The maximum atomic E-state index is 6.17. The summed E-state index contributed by atoms with van der Waals surface area (Å²) < 4.78 is 1.80. The van der Waals surface area contributed by atoms with Crippen molar-refractivity contribution in [3.63, 3.8) is 0 Å². The molecule has 0 unspecified atom stereocenters. The van der Waals surface area contributed by atoms with Gasteiger partial charge < -0.3 is 5.73 Å². The highest BCUT2D eigenvalue weighted by Gasteiger charge is 2.23. The molecule has 0 spiro atoms. The van der Waals surface area contributed by atoms with Gasteiger partial charge in [-0.3, -0.25) is 4.68 Å². The molecule has 0 aliphatic heterocycles. The van der Waals surface area contributed by atoms with Crippen molar-refractivity contribution in [2.45, 2.75) is 25.7 Å². The van der Waals surface area contributed by atoms with E-state index in [2.05, 4.69) is 29.4 Å². The van der Waals surface area contributed by atoms with Crippen molar-refractivity contribution in [2.75, 3.05) is 5.73 Å². The van der Waals surface area contributed by atoms with Gasteiger partial charge >= 0.3 is 0 Å². The summed E-state index contributed by atoms with van der Waals surface area (Å²) in [4.78, 5) is 0. The van der Waals surface area contributed by atoms with Crippen molar-refractivity contribution >= 4 is 5.82 Å². The number of nitrogens with zero attached hydrogens (tertiary/aromatic N) is 2. The van der Waals surface area contributed by atoms with Crippen LogP contribution in [0.25, 0.3) is 11.1 Å². The number of hydrogen-bond donors (Lipinski definition) is 1. The summed E-state index contributed by atoms with van der Waals surface area (Å²) in [5.74, 6) is 1.58. The van der Waals surface area contributed by atoms with E-state index in [4.69, 9.17) is 5.73 Å². The van der Waals surface area contributed by atoms with Crippen LogP contribution in [0.5, 0.6) is 0 Å². The van der Waals surface area contributed by atoms with Gasteiger partial charge in [-0.2, -0.15) is 5.10 Å². The number of hydrogen-bond acceptors (Lipinski definition) is 2. The fourth-order valence-electron chi connectivity index (χ4n) is 2.63. The largest absolute Gasteiger partial charge is 0.383 e. The minimum Gasteiger partial charge on any atom is -0.383 e. The van der Waals surface area contributed by atoms with Gasteiger partial charge in [0.25, 0.3) is 0 Å². The number of benzene rings is 1. The molecule has 3 nitrogen and oxygen atoms in total. The maximum absolute atomic E-state index is 6.17. The SMILES string of the molecule is Cn1nc(CC2CCC2)c(-c2ccccc2)c1N. The summed E-state index contributed by atoms with van der Waals surface area (Å²) in [6.45, 7) is 0. The molecule has 0 saturated heterocycles. The van der Waals surface area contributed by atoms with Gasteiger partial charge in [-0.25, -0.2) is 0 Å². The summed E-state index contributed by atoms with van der Waals surface area (Å²) in [6, 6.07) is 10.3. The van der Waals surface area contributed by atoms with Crippen LogP contribution in [0.2, 0.25) is 0 Å². The first-order valence-corrected chi connectivity index (χ1v) is 6.62. The molecule has 2 N–H and O–H groups in total. The molecule has 0 amide bonds. The molecule has 1 aliphatic rings. The Bertz CT molecular complexity index is 538. The monoisotopic (exact) mass is 241 g/mol. The second-order valence-corrected chi connectivity index (χ2v) is 5.20. The Kier molecular flexibility index (Phi) is 2.82. The third kappa shape index (κ3) is 1.90. The Morgan fingerprint density at radius 1 is 1.28 bits per heavy atom. The van der Waals surface area contributed by atoms with Crippen LogP contribution in [-0.4, -0.2) is 9.78 Å². The molecule has 1 saturated carbocycles. The van der Waals surface area contributed by atoms with Crippen molar-refractivity contribution in [1.82, 2.24) is 9.78 Å². The Balaban J connectivity index is 2.00. The lowest BCUT2D eigenvalue weighted by Gasteiger charge is -2.24. The van der Waals surface area contributed by atoms with Gasteiger partial charge in [0, 0.05) is 12.6 Å². The normalized spacial score (nSPS) is 15.6. The number of aryl methyl sites for hydroxylation is 1. The number of nitrogens with two attached hydrogens (primary N) is 1. The number of rotatable bonds is 3. The van der Waals surface area contributed by atoms with Gasteiger partial charge in [0.1, 0.15) is 5.82 Å². The van der Waals surface area contributed by atoms with Gasteiger partial charge in [-0.1, -0.05) is 49.6 Å². The van der Waals surface area contributed by atoms with Crippen molar-refractivity contribution < 1.29 is 0 Å². The van der Waals surface area contributed by atoms with Crippen molar-refractivity contribution in [1.29, 1.82) is 0 Å². The zero-order valence-electron chi connectivity index (χ0n) is 10.8. The Morgan fingerprint density at radius 2 is 2.00 bits per heavy atom. The van der Waals surface area contributed by atoms with Crippen LogP contribution in [0.1, 0.15) is 25.0 Å². The van der Waals surface area contributed by atoms with Crippen LogP contribution >= 0.6 is 0 Å². The van der Waals surface area contributed by atoms with Gasteiger partial charge in [-0.15, -0.1) is 0 Å². The van der Waals surface area contributed by atoms with E-state index in [0.29, 0.717) is 0 Å². The third-order valence-electron chi connectivity index (χ3n) is 3.93. The van der Waals surface area contributed by atoms with E-state index in [1.807, 2.05) is 13.1 Å². The average molecular weight is 241 g/mol. The minimum atomic E-state index is 0.774. The lowest BCUT2D eigenvalue weighted by molar-refractivity contribution is 0.311. The summed E-state index contributed by atoms with van der Waals surface area (Å²) in [6.07, 6.45) is 5.11. The summed E-state index contributed by atoms with van der Waals surface area (Å²) in [5.41, 5.74) is 9.64. The summed E-state index contributed by atoms with van der Waals surface area (Å²) >= 11 is 0. The molecule has 0 atom stereocenters. The first kappa shape index (κ1) is 11.3. The average Bonchev–Trinajstić information content (AvgIpc) is 2.61. The van der Waals surface area contributed by atoms with E-state index in [0.717, 1.165) is 29.4 Å². The van der Waals surface area contributed by atoms with Gasteiger partial charge in [0.2, 0.25) is 0 Å². The first-order chi connectivity index (χ1) is 8.75. The predicted molar refractivity (Wildman–Crippen MR) is 74.1 cm³/mol. The highest BCUT2D eigenvalue weighted by Crippen LogP contribution is 2.35. The molecule has 0 bridgehead atoms. The molecule has 3 heteroatoms. The summed E-state index contributed by atoms with van der Waals surface area (Å²) in [7, 11) is 1.92. The smallest absolute Gasteiger partial charge is 0.129 e. The van der Waals surface area contributed by atoms with E-state index in [-0.39, 0.29) is 0 Å². The quantitative estimate of drug-likeness (QED) is 0.897. The predicted octanol–water partition coefficient (Wildman–Crippen LogP) is 3.01. The molecular weight excluding hydrogens is 222 g/mol. The zero-order valence-corrected chi connectivity index (χ0v) is 10.8. The van der Waals surface area contributed by atoms with Crippen LogP contribution in [0.4, 0.5) is 5.82 Å². The second-order valence-electron chi connectivity index (χ2n) is 5.20. The molecule has 94 valence electrons. The molecule has 1 aliphatic carbocycles. The number of nitrogen functional groups attached to an aromatic ring is 1. The van der Waals surface area contributed by atoms with Gasteiger partial charge in [0.05, 0.1) is 5.69 Å². The van der Waals surface area contributed by atoms with E-state index in [9.17, 15) is 0 Å². The Morgan fingerprint density at radius 3 is 2.61 bits per heavy atom. The van der Waals surface area contributed by atoms with Gasteiger partial charge in [0.15, 0.2) is 0 Å². The highest BCUT2D eigenvalue weighted by atomic mass is 15.3. The third-order valence-corrected chi connectivity index (χ3v) is 3.93. The lowest BCUT2D eigenvalue weighted by atomic mass is 9.81. The first-order valence-electron chi connectivity index (χ1n) is 6.62. The topological polar surface area (TPSA) is 43.8 Å². The van der Waals surface area contributed by atoms with Crippen LogP contribution in [0, 0.1) is 5.92 Å². The Hall–Kier alpha value is -1.77. The highest BCUT2D eigenvalue weighted by molar-refractivity contribution is 5.76. The van der Waals surface area contributed by atoms with E-state index < -0.39 is 0 Å². The molecule has 3 rings (SSSR count). The second kappa shape index (κ2) is 4.48. The van der Waals surface area contributed by atoms with Crippen molar-refractivity contribution in [3.05, 3.63) is 36.0 Å². The van der Waals surface area contributed by atoms with Crippen LogP contribution in [-0.2, 0) is 13.5 Å². The Labute approximate surface area is 108 Å². The van der Waals surface area contributed by atoms with Crippen molar-refractivity contribution in [2.24, 2.45) is 13.0 Å². The summed E-state index contributed by atoms with van der Waals surface area (Å²) in [5, 5.41) is 4.60. The molecule has 0 radical (unpaired) electrons. The van der Waals surface area contributed by atoms with E-state index in [1.165, 1.54) is 24.8 Å². The van der Waals surface area contributed by atoms with Crippen LogP contribution in [0.15, 0.2) is 30.3 Å². The standard InChI is InChI=1S/C15H19N3/c1-18-15(16)14(12-8-3-2-4-9-12)13(17-18)10-11-6-5-7-11/h2-4,8-9,11H,5-7,10,16H2,1H3. The fourth-order valence-corrected chi connectivity index (χ4v) is 2.63. The van der Waals surface area contributed by atoms with Crippen molar-refractivity contribution in [3.8, 4) is 11.1 Å². The minimum absolute atomic E-state index is 0.774. The van der Waals surface area contributed by atoms with Gasteiger partial charge in [-0.05, 0) is 17.9 Å². The van der Waals surface area contributed by atoms with E-state index in [1.54, 1.807) is 4.68 Å². The molecular formula is C15H19N3. The van der Waals surface area contributed by atoms with E-state index >= 15 is 0 Å². The lowest BCUT2D eigenvalue weighted by Crippen LogP contribution is -2.14. The molecule has 1 heterocycles. The van der Waals surface area contributed by atoms with Crippen LogP contribution in [0.3, 0.4) is 0 Å². The fraction of sp³-hybridized carbons (Fsp3) is 0.400. The molecule has 1 fully saturated rings. The van der Waals surface area contributed by atoms with Crippen LogP contribution < -0.4 is 5.73 Å². The molecule has 2 aromatic rings. The zero-order chi connectivity index (χ0) is 12.5. The molecule has 1 aromatic heterocycles. The molecule has 1 aromatic carbocycles. The number of anilines is 1. The number of aromatic nitrogens is 2. The molecule has 18 heavy (non-hydrogen) atoms. The maximum Gasteiger partial charge on any atom is 0.129 e.